The molecule has 0 aromatic heterocycles. The highest BCUT2D eigenvalue weighted by molar-refractivity contribution is 5.77. The highest BCUT2D eigenvalue weighted by Gasteiger charge is 1.84. The van der Waals surface area contributed by atoms with Gasteiger partial charge >= 0.3 is 0 Å². The zero-order valence-corrected chi connectivity index (χ0v) is 11.8. The van der Waals surface area contributed by atoms with E-state index in [1.54, 1.807) is 0 Å². The van der Waals surface area contributed by atoms with E-state index >= 15 is 0 Å². The number of benzene rings is 2. The number of carboxylic acids is 1. The highest BCUT2D eigenvalue weighted by atomic mass is 16.5. The molecular formula is C18H17O3-. The molecule has 2 rings (SSSR count). The summed E-state index contributed by atoms with van der Waals surface area (Å²) in [7, 11) is 1.36. The van der Waals surface area contributed by atoms with Crippen molar-refractivity contribution in [1.82, 2.24) is 0 Å². The van der Waals surface area contributed by atoms with Crippen LogP contribution in [0.2, 0.25) is 0 Å². The molecular weight excluding hydrogens is 264 g/mol. The summed E-state index contributed by atoms with van der Waals surface area (Å²) in [4.78, 5) is 9.48. The predicted octanol–water partition coefficient (Wildman–Crippen LogP) is 2.75. The Bertz CT molecular complexity index is 530. The van der Waals surface area contributed by atoms with Gasteiger partial charge in [0.1, 0.15) is 0 Å². The molecule has 0 aliphatic heterocycles. The Morgan fingerprint density at radius 2 is 1.33 bits per heavy atom. The summed E-state index contributed by atoms with van der Waals surface area (Å²) < 4.78 is 4.25. The zero-order valence-electron chi connectivity index (χ0n) is 11.8. The van der Waals surface area contributed by atoms with Crippen LogP contribution < -0.4 is 5.11 Å². The van der Waals surface area contributed by atoms with Crippen molar-refractivity contribution in [2.45, 2.75) is 0 Å². The van der Waals surface area contributed by atoms with E-state index in [0.717, 1.165) is 12.3 Å². The van der Waals surface area contributed by atoms with Gasteiger partial charge in [-0.05, 0) is 17.2 Å². The van der Waals surface area contributed by atoms with Gasteiger partial charge in [-0.1, -0.05) is 72.8 Å². The van der Waals surface area contributed by atoms with Crippen molar-refractivity contribution in [1.29, 1.82) is 0 Å². The Morgan fingerprint density at radius 1 is 0.905 bits per heavy atom. The molecule has 0 fully saturated rings. The smallest absolute Gasteiger partial charge is 0.0842 e. The standard InChI is InChI=1S/C14H12.C4H6O3/c1-3-7-13(8-4-1)11-12-14-9-5-2-6-10-14;1-7-3-2-4(5)6/h1-12H;2-3H,1H3,(H,5,6)/p-1/b12-11+;3-2+. The van der Waals surface area contributed by atoms with E-state index in [2.05, 4.69) is 41.2 Å². The molecule has 0 saturated heterocycles. The number of hydrogen-bond acceptors (Lipinski definition) is 3. The first-order valence-corrected chi connectivity index (χ1v) is 6.41. The van der Waals surface area contributed by atoms with Crippen LogP contribution in [0, 0.1) is 0 Å². The van der Waals surface area contributed by atoms with Gasteiger partial charge in [-0.3, -0.25) is 0 Å². The fourth-order valence-electron chi connectivity index (χ4n) is 1.44. The number of hydrogen-bond donors (Lipinski definition) is 0. The largest absolute Gasteiger partial charge is 0.545 e. The van der Waals surface area contributed by atoms with Crippen LogP contribution in [0.3, 0.4) is 0 Å². The van der Waals surface area contributed by atoms with Crippen molar-refractivity contribution in [3.63, 3.8) is 0 Å². The predicted molar refractivity (Wildman–Crippen MR) is 83.0 cm³/mol. The third kappa shape index (κ3) is 8.06. The lowest BCUT2D eigenvalue weighted by Gasteiger charge is -1.92. The summed E-state index contributed by atoms with van der Waals surface area (Å²) >= 11 is 0. The first-order valence-electron chi connectivity index (χ1n) is 6.41. The number of methoxy groups -OCH3 is 1. The normalized spacial score (nSPS) is 10.1. The molecule has 3 heteroatoms. The minimum atomic E-state index is -1.25. The lowest BCUT2D eigenvalue weighted by atomic mass is 10.1. The molecule has 0 unspecified atom stereocenters. The number of carbonyl (C=O) groups excluding carboxylic acids is 1. The summed E-state index contributed by atoms with van der Waals surface area (Å²) in [6, 6.07) is 20.6. The van der Waals surface area contributed by atoms with Gasteiger partial charge in [-0.15, -0.1) is 0 Å². The molecule has 0 radical (unpaired) electrons. The molecule has 0 bridgehead atoms. The quantitative estimate of drug-likeness (QED) is 0.492. The molecule has 0 saturated carbocycles. The van der Waals surface area contributed by atoms with Crippen molar-refractivity contribution < 1.29 is 14.6 Å². The zero-order chi connectivity index (χ0) is 15.3. The molecule has 2 aromatic rings. The molecule has 21 heavy (non-hydrogen) atoms. The van der Waals surface area contributed by atoms with Gasteiger partial charge < -0.3 is 14.6 Å². The second kappa shape index (κ2) is 10.0. The lowest BCUT2D eigenvalue weighted by molar-refractivity contribution is -0.297. The van der Waals surface area contributed by atoms with E-state index in [9.17, 15) is 9.90 Å². The second-order valence-electron chi connectivity index (χ2n) is 4.01. The van der Waals surface area contributed by atoms with Crippen LogP contribution in [0.5, 0.6) is 0 Å². The van der Waals surface area contributed by atoms with E-state index in [-0.39, 0.29) is 0 Å². The summed E-state index contributed by atoms with van der Waals surface area (Å²) in [6.45, 7) is 0. The SMILES string of the molecule is C(=C\c1ccccc1)/c1ccccc1.CO/C=C/C(=O)[O-]. The number of carboxylic acid groups (broad SMARTS) is 1. The third-order valence-corrected chi connectivity index (χ3v) is 2.41. The Kier molecular flexibility index (Phi) is 7.76. The fraction of sp³-hybridized carbons (Fsp3) is 0.0556. The first kappa shape index (κ1) is 16.2. The monoisotopic (exact) mass is 281 g/mol. The molecule has 3 nitrogen and oxygen atoms in total. The Balaban J connectivity index is 0.000000270. The van der Waals surface area contributed by atoms with E-state index in [0.29, 0.717) is 0 Å². The molecule has 2 aromatic carbocycles. The molecule has 0 atom stereocenters. The van der Waals surface area contributed by atoms with Crippen LogP contribution in [0.4, 0.5) is 0 Å². The van der Waals surface area contributed by atoms with Gasteiger partial charge in [0.25, 0.3) is 0 Å². The van der Waals surface area contributed by atoms with Crippen LogP contribution in [0.15, 0.2) is 73.0 Å². The second-order valence-corrected chi connectivity index (χ2v) is 4.01. The fourth-order valence-corrected chi connectivity index (χ4v) is 1.44. The van der Waals surface area contributed by atoms with Crippen molar-refractivity contribution in [2.75, 3.05) is 7.11 Å². The Morgan fingerprint density at radius 3 is 1.62 bits per heavy atom. The van der Waals surface area contributed by atoms with Crippen LogP contribution in [0.1, 0.15) is 11.1 Å². The molecule has 0 amide bonds. The van der Waals surface area contributed by atoms with Gasteiger partial charge in [0.15, 0.2) is 0 Å². The molecule has 0 heterocycles. The van der Waals surface area contributed by atoms with Crippen molar-refractivity contribution >= 4 is 18.1 Å². The molecule has 0 aliphatic rings. The van der Waals surface area contributed by atoms with Crippen molar-refractivity contribution in [2.24, 2.45) is 0 Å². The Hall–Kier alpha value is -2.81. The maximum absolute atomic E-state index is 9.48. The summed E-state index contributed by atoms with van der Waals surface area (Å²) in [5, 5.41) is 9.48. The van der Waals surface area contributed by atoms with Crippen LogP contribution in [0.25, 0.3) is 12.2 Å². The van der Waals surface area contributed by atoms with Crippen LogP contribution in [-0.2, 0) is 9.53 Å². The lowest BCUT2D eigenvalue weighted by Crippen LogP contribution is -2.18. The minimum absolute atomic E-state index is 0.806. The van der Waals surface area contributed by atoms with Gasteiger partial charge in [0, 0.05) is 0 Å². The molecule has 0 aliphatic carbocycles. The summed E-state index contributed by atoms with van der Waals surface area (Å²) in [5.41, 5.74) is 2.47. The van der Waals surface area contributed by atoms with Gasteiger partial charge in [0.05, 0.1) is 19.3 Å². The van der Waals surface area contributed by atoms with E-state index in [1.807, 2.05) is 36.4 Å². The average molecular weight is 281 g/mol. The van der Waals surface area contributed by atoms with Crippen LogP contribution in [-0.4, -0.2) is 13.1 Å². The van der Waals surface area contributed by atoms with Gasteiger partial charge in [-0.25, -0.2) is 0 Å². The van der Waals surface area contributed by atoms with E-state index in [4.69, 9.17) is 0 Å². The topological polar surface area (TPSA) is 49.4 Å². The van der Waals surface area contributed by atoms with Gasteiger partial charge in [-0.2, -0.15) is 0 Å². The number of rotatable bonds is 4. The minimum Gasteiger partial charge on any atom is -0.545 e. The maximum atomic E-state index is 9.48. The van der Waals surface area contributed by atoms with Gasteiger partial charge in [0.2, 0.25) is 0 Å². The first-order chi connectivity index (χ1) is 10.2. The van der Waals surface area contributed by atoms with Crippen molar-refractivity contribution in [3.05, 3.63) is 84.1 Å². The number of aliphatic carboxylic acids is 1. The molecule has 0 N–H and O–H groups in total. The molecule has 0 spiro atoms. The third-order valence-electron chi connectivity index (χ3n) is 2.41. The summed E-state index contributed by atoms with van der Waals surface area (Å²) in [6.07, 6.45) is 6.08. The van der Waals surface area contributed by atoms with E-state index in [1.165, 1.54) is 18.2 Å². The highest BCUT2D eigenvalue weighted by Crippen LogP contribution is 2.06. The Labute approximate surface area is 124 Å². The summed E-state index contributed by atoms with van der Waals surface area (Å²) in [5.74, 6) is -1.25. The average Bonchev–Trinajstić information content (AvgIpc) is 2.53. The maximum Gasteiger partial charge on any atom is 0.0842 e. The molecule has 108 valence electrons. The van der Waals surface area contributed by atoms with Crippen molar-refractivity contribution in [3.8, 4) is 0 Å². The van der Waals surface area contributed by atoms with Crippen LogP contribution >= 0.6 is 0 Å². The number of ether oxygens (including phenoxy) is 1. The van der Waals surface area contributed by atoms with E-state index < -0.39 is 5.97 Å². The number of carbonyl (C=O) groups is 1.